The minimum Gasteiger partial charge on any atom is -0.491 e. The zero-order chi connectivity index (χ0) is 13.1. The maximum absolute atomic E-state index is 11.5. The van der Waals surface area contributed by atoms with Crippen LogP contribution in [0, 0.1) is 0 Å². The van der Waals surface area contributed by atoms with Gasteiger partial charge in [-0.3, -0.25) is 4.79 Å². The largest absolute Gasteiger partial charge is 0.491 e. The number of amidine groups is 1. The molecule has 0 bridgehead atoms. The monoisotopic (exact) mass is 244 g/mol. The number of nitrogens with zero attached hydrogens (tertiary/aromatic N) is 1. The number of carbonyl (C=O) groups is 1. The Morgan fingerprint density at radius 2 is 1.94 bits per heavy atom. The van der Waals surface area contributed by atoms with Crippen LogP contribution in [-0.4, -0.2) is 17.8 Å². The number of benzene rings is 1. The van der Waals surface area contributed by atoms with Crippen molar-refractivity contribution in [2.24, 2.45) is 4.99 Å². The van der Waals surface area contributed by atoms with Gasteiger partial charge in [0.15, 0.2) is 0 Å². The van der Waals surface area contributed by atoms with Crippen molar-refractivity contribution in [1.82, 2.24) is 5.32 Å². The number of carbonyl (C=O) groups excluding carboxylic acids is 1. The van der Waals surface area contributed by atoms with Gasteiger partial charge in [0, 0.05) is 0 Å². The average Bonchev–Trinajstić information content (AvgIpc) is 2.59. The van der Waals surface area contributed by atoms with Crippen molar-refractivity contribution in [3.05, 3.63) is 35.5 Å². The Labute approximate surface area is 106 Å². The summed E-state index contributed by atoms with van der Waals surface area (Å²) < 4.78 is 5.55. The summed E-state index contributed by atoms with van der Waals surface area (Å²) in [4.78, 5) is 15.6. The van der Waals surface area contributed by atoms with Crippen molar-refractivity contribution in [3.63, 3.8) is 0 Å². The molecule has 18 heavy (non-hydrogen) atoms. The molecule has 1 aromatic carbocycles. The quantitative estimate of drug-likeness (QED) is 0.830. The molecule has 0 aromatic heterocycles. The molecule has 4 heteroatoms. The van der Waals surface area contributed by atoms with Gasteiger partial charge in [-0.1, -0.05) is 12.1 Å². The molecular formula is C14H16N2O2. The molecule has 0 fully saturated rings. The highest BCUT2D eigenvalue weighted by Crippen LogP contribution is 2.17. The average molecular weight is 244 g/mol. The minimum absolute atomic E-state index is 0.155. The summed E-state index contributed by atoms with van der Waals surface area (Å²) >= 11 is 0. The molecule has 0 spiro atoms. The second-order valence-electron chi connectivity index (χ2n) is 4.42. The number of ether oxygens (including phenoxy) is 1. The van der Waals surface area contributed by atoms with E-state index >= 15 is 0 Å². The van der Waals surface area contributed by atoms with Gasteiger partial charge in [0.05, 0.1) is 6.10 Å². The molecule has 0 saturated carbocycles. The van der Waals surface area contributed by atoms with E-state index < -0.39 is 0 Å². The summed E-state index contributed by atoms with van der Waals surface area (Å²) in [7, 11) is 0. The predicted octanol–water partition coefficient (Wildman–Crippen LogP) is 2.36. The second-order valence-corrected chi connectivity index (χ2v) is 4.42. The van der Waals surface area contributed by atoms with Crippen molar-refractivity contribution in [2.45, 2.75) is 26.9 Å². The fourth-order valence-electron chi connectivity index (χ4n) is 1.66. The molecule has 0 radical (unpaired) electrons. The zero-order valence-electron chi connectivity index (χ0n) is 10.7. The van der Waals surface area contributed by atoms with Crippen LogP contribution in [0.1, 0.15) is 26.3 Å². The first-order chi connectivity index (χ1) is 8.54. The van der Waals surface area contributed by atoms with E-state index in [-0.39, 0.29) is 12.0 Å². The van der Waals surface area contributed by atoms with Gasteiger partial charge in [-0.25, -0.2) is 4.99 Å². The van der Waals surface area contributed by atoms with Gasteiger partial charge in [-0.2, -0.15) is 0 Å². The van der Waals surface area contributed by atoms with Crippen molar-refractivity contribution in [1.29, 1.82) is 0 Å². The highest BCUT2D eigenvalue weighted by Gasteiger charge is 2.16. The zero-order valence-corrected chi connectivity index (χ0v) is 10.7. The molecule has 1 aliphatic heterocycles. The van der Waals surface area contributed by atoms with Gasteiger partial charge in [-0.05, 0) is 44.5 Å². The lowest BCUT2D eigenvalue weighted by Crippen LogP contribution is -2.21. The van der Waals surface area contributed by atoms with E-state index in [1.807, 2.05) is 38.1 Å². The van der Waals surface area contributed by atoms with Gasteiger partial charge in [-0.15, -0.1) is 0 Å². The van der Waals surface area contributed by atoms with Gasteiger partial charge in [0.1, 0.15) is 17.3 Å². The first-order valence-electron chi connectivity index (χ1n) is 5.89. The molecule has 94 valence electrons. The van der Waals surface area contributed by atoms with Gasteiger partial charge in [0.2, 0.25) is 0 Å². The van der Waals surface area contributed by atoms with E-state index in [1.165, 1.54) is 0 Å². The molecule has 1 aliphatic rings. The Balaban J connectivity index is 2.16. The minimum atomic E-state index is -0.157. The fourth-order valence-corrected chi connectivity index (χ4v) is 1.66. The number of aliphatic imine (C=N–C) groups is 1. The molecule has 0 atom stereocenters. The Morgan fingerprint density at radius 3 is 2.44 bits per heavy atom. The third kappa shape index (κ3) is 2.97. The number of hydrogen-bond donors (Lipinski definition) is 1. The van der Waals surface area contributed by atoms with Crippen LogP contribution in [0.15, 0.2) is 35.0 Å². The molecule has 1 aromatic rings. The number of amides is 1. The Morgan fingerprint density at radius 1 is 1.28 bits per heavy atom. The van der Waals surface area contributed by atoms with Crippen LogP contribution in [0.5, 0.6) is 5.75 Å². The highest BCUT2D eigenvalue weighted by molar-refractivity contribution is 6.13. The summed E-state index contributed by atoms with van der Waals surface area (Å²) in [5.41, 5.74) is 1.36. The topological polar surface area (TPSA) is 50.7 Å². The third-order valence-electron chi connectivity index (χ3n) is 2.37. The van der Waals surface area contributed by atoms with E-state index in [0.29, 0.717) is 11.5 Å². The summed E-state index contributed by atoms with van der Waals surface area (Å²) in [6.07, 6.45) is 1.91. The van der Waals surface area contributed by atoms with Crippen LogP contribution in [0.3, 0.4) is 0 Å². The maximum atomic E-state index is 11.5. The number of nitrogens with one attached hydrogen (secondary N) is 1. The van der Waals surface area contributed by atoms with Crippen molar-refractivity contribution < 1.29 is 9.53 Å². The van der Waals surface area contributed by atoms with Crippen LogP contribution in [0.2, 0.25) is 0 Å². The van der Waals surface area contributed by atoms with E-state index in [1.54, 1.807) is 13.0 Å². The first kappa shape index (κ1) is 12.4. The van der Waals surface area contributed by atoms with E-state index in [2.05, 4.69) is 10.3 Å². The molecule has 4 nitrogen and oxygen atoms in total. The molecule has 2 rings (SSSR count). The molecule has 0 saturated heterocycles. The summed E-state index contributed by atoms with van der Waals surface area (Å²) in [5, 5.41) is 2.64. The summed E-state index contributed by atoms with van der Waals surface area (Å²) in [6.45, 7) is 5.73. The van der Waals surface area contributed by atoms with Gasteiger partial charge in [0.25, 0.3) is 5.91 Å². The lowest BCUT2D eigenvalue weighted by molar-refractivity contribution is -0.115. The van der Waals surface area contributed by atoms with Crippen LogP contribution >= 0.6 is 0 Å². The Bertz CT molecular complexity index is 513. The highest BCUT2D eigenvalue weighted by atomic mass is 16.5. The Kier molecular flexibility index (Phi) is 3.46. The summed E-state index contributed by atoms with van der Waals surface area (Å²) in [5.74, 6) is 1.30. The van der Waals surface area contributed by atoms with Crippen LogP contribution in [0.25, 0.3) is 6.08 Å². The molecule has 1 N–H and O–H groups in total. The van der Waals surface area contributed by atoms with Gasteiger partial charge >= 0.3 is 0 Å². The first-order valence-corrected chi connectivity index (χ1v) is 5.89. The predicted molar refractivity (Wildman–Crippen MR) is 71.4 cm³/mol. The SMILES string of the molecule is CC1=N/C(=C/c2ccc(OC(C)C)cc2)C(=O)N1. The van der Waals surface area contributed by atoms with Crippen LogP contribution < -0.4 is 10.1 Å². The fraction of sp³-hybridized carbons (Fsp3) is 0.286. The molecule has 0 aliphatic carbocycles. The molecular weight excluding hydrogens is 228 g/mol. The molecule has 0 unspecified atom stereocenters. The smallest absolute Gasteiger partial charge is 0.275 e. The molecule has 1 amide bonds. The van der Waals surface area contributed by atoms with E-state index in [4.69, 9.17) is 4.74 Å². The van der Waals surface area contributed by atoms with E-state index in [9.17, 15) is 4.79 Å². The van der Waals surface area contributed by atoms with Crippen LogP contribution in [0.4, 0.5) is 0 Å². The van der Waals surface area contributed by atoms with Crippen molar-refractivity contribution in [2.75, 3.05) is 0 Å². The third-order valence-corrected chi connectivity index (χ3v) is 2.37. The molecule has 1 heterocycles. The maximum Gasteiger partial charge on any atom is 0.275 e. The van der Waals surface area contributed by atoms with Gasteiger partial charge < -0.3 is 10.1 Å². The van der Waals surface area contributed by atoms with Crippen LogP contribution in [-0.2, 0) is 4.79 Å². The lowest BCUT2D eigenvalue weighted by Gasteiger charge is -2.09. The second kappa shape index (κ2) is 5.04. The number of rotatable bonds is 3. The normalized spacial score (nSPS) is 17.0. The number of hydrogen-bond acceptors (Lipinski definition) is 3. The summed E-state index contributed by atoms with van der Waals surface area (Å²) in [6, 6.07) is 7.58. The van der Waals surface area contributed by atoms with E-state index in [0.717, 1.165) is 11.3 Å². The van der Waals surface area contributed by atoms with Crippen molar-refractivity contribution in [3.8, 4) is 5.75 Å². The standard InChI is InChI=1S/C14H16N2O2/c1-9(2)18-12-6-4-11(5-7-12)8-13-14(17)16-10(3)15-13/h4-9H,1-3H3,(H,15,16,17)/b13-8+. The van der Waals surface area contributed by atoms with Crippen molar-refractivity contribution >= 4 is 17.8 Å². The Hall–Kier alpha value is -2.10. The lowest BCUT2D eigenvalue weighted by atomic mass is 10.2.